The van der Waals surface area contributed by atoms with Crippen molar-refractivity contribution in [2.75, 3.05) is 30.9 Å². The lowest BCUT2D eigenvalue weighted by molar-refractivity contribution is -0.657. The van der Waals surface area contributed by atoms with Gasteiger partial charge in [-0.05, 0) is 48.9 Å². The van der Waals surface area contributed by atoms with Crippen LogP contribution in [0.1, 0.15) is 17.5 Å². The maximum Gasteiger partial charge on any atom is 0.316 e. The minimum Gasteiger partial charge on any atom is -0.497 e. The Balaban J connectivity index is 1.83. The molecule has 1 unspecified atom stereocenters. The predicted molar refractivity (Wildman–Crippen MR) is 103 cm³/mol. The third-order valence-electron chi connectivity index (χ3n) is 5.06. The van der Waals surface area contributed by atoms with Gasteiger partial charge in [0.25, 0.3) is 5.72 Å². The Bertz CT molecular complexity index is 886. The van der Waals surface area contributed by atoms with E-state index in [1.165, 1.54) is 13.2 Å². The highest BCUT2D eigenvalue weighted by Gasteiger charge is 2.54. The molecule has 0 amide bonds. The van der Waals surface area contributed by atoms with E-state index in [0.29, 0.717) is 18.8 Å². The van der Waals surface area contributed by atoms with E-state index in [0.717, 1.165) is 28.6 Å². The first-order valence-corrected chi connectivity index (χ1v) is 9.70. The normalized spacial score (nSPS) is 22.5. The molecule has 2 aliphatic heterocycles. The molecule has 6 heteroatoms. The summed E-state index contributed by atoms with van der Waals surface area (Å²) in [5, 5.41) is 12.6. The number of halogens is 1. The zero-order chi connectivity index (χ0) is 18.3. The fourth-order valence-corrected chi connectivity index (χ4v) is 4.91. The molecule has 0 spiro atoms. The van der Waals surface area contributed by atoms with Crippen molar-refractivity contribution in [1.29, 1.82) is 0 Å². The molecule has 0 saturated carbocycles. The first-order chi connectivity index (χ1) is 12.5. The van der Waals surface area contributed by atoms with Crippen LogP contribution < -0.4 is 9.64 Å². The maximum atomic E-state index is 14.8. The summed E-state index contributed by atoms with van der Waals surface area (Å²) < 4.78 is 21.8. The third kappa shape index (κ3) is 2.68. The average molecular weight is 373 g/mol. The Labute approximate surface area is 156 Å². The first-order valence-electron chi connectivity index (χ1n) is 8.71. The molecular formula is C20H22FN2O2S+. The summed E-state index contributed by atoms with van der Waals surface area (Å²) in [4.78, 5) is 2.11. The van der Waals surface area contributed by atoms with Gasteiger partial charge in [0, 0.05) is 11.8 Å². The van der Waals surface area contributed by atoms with Gasteiger partial charge in [-0.1, -0.05) is 18.2 Å². The monoisotopic (exact) mass is 373 g/mol. The summed E-state index contributed by atoms with van der Waals surface area (Å²) in [7, 11) is 1.51. The topological polar surface area (TPSA) is 35.7 Å². The van der Waals surface area contributed by atoms with Crippen molar-refractivity contribution in [2.24, 2.45) is 0 Å². The summed E-state index contributed by atoms with van der Waals surface area (Å²) in [6, 6.07) is 12.8. The standard InChI is InChI=1S/C20H22FN2O2S/c1-14-6-3-4-7-18(14)22-13-20(24,23-10-5-11-26-19(22)23)16-9-8-15(25-2)12-17(16)21/h3-4,6-9,12,24H,5,10-11,13H2,1-2H3/q+1. The van der Waals surface area contributed by atoms with Crippen LogP contribution in [0.15, 0.2) is 42.5 Å². The molecule has 136 valence electrons. The van der Waals surface area contributed by atoms with Crippen molar-refractivity contribution < 1.29 is 18.8 Å². The van der Waals surface area contributed by atoms with Gasteiger partial charge in [-0.2, -0.15) is 0 Å². The van der Waals surface area contributed by atoms with E-state index in [-0.39, 0.29) is 5.56 Å². The van der Waals surface area contributed by atoms with Gasteiger partial charge in [-0.25, -0.2) is 13.9 Å². The number of β-amino-alcohol motifs (C(OH)–C–C–N with tert-alkyl or cyclic N) is 1. The maximum absolute atomic E-state index is 14.8. The lowest BCUT2D eigenvalue weighted by Crippen LogP contribution is -2.42. The van der Waals surface area contributed by atoms with Crippen LogP contribution in [0.2, 0.25) is 0 Å². The van der Waals surface area contributed by atoms with Gasteiger partial charge in [0.05, 0.1) is 19.2 Å². The number of aryl methyl sites for hydroxylation is 1. The second kappa shape index (κ2) is 6.59. The number of hydrogen-bond donors (Lipinski definition) is 1. The molecule has 26 heavy (non-hydrogen) atoms. The van der Waals surface area contributed by atoms with Crippen molar-refractivity contribution >= 4 is 22.6 Å². The van der Waals surface area contributed by atoms with Gasteiger partial charge in [0.15, 0.2) is 6.54 Å². The molecule has 2 aromatic rings. The Hall–Kier alpha value is -2.05. The van der Waals surface area contributed by atoms with Gasteiger partial charge in [0.1, 0.15) is 17.3 Å². The van der Waals surface area contributed by atoms with Gasteiger partial charge < -0.3 is 9.84 Å². The van der Waals surface area contributed by atoms with Gasteiger partial charge in [-0.3, -0.25) is 0 Å². The molecule has 2 heterocycles. The molecule has 0 bridgehead atoms. The van der Waals surface area contributed by atoms with Crippen LogP contribution >= 0.6 is 11.8 Å². The lowest BCUT2D eigenvalue weighted by atomic mass is 10.0. The Morgan fingerprint density at radius 3 is 2.81 bits per heavy atom. The van der Waals surface area contributed by atoms with Crippen LogP contribution in [0, 0.1) is 12.7 Å². The molecule has 4 nitrogen and oxygen atoms in total. The third-order valence-corrected chi connectivity index (χ3v) is 6.25. The molecule has 0 aromatic heterocycles. The van der Waals surface area contributed by atoms with Crippen LogP contribution in [-0.4, -0.2) is 40.8 Å². The smallest absolute Gasteiger partial charge is 0.316 e. The number of para-hydroxylation sites is 1. The Kier molecular flexibility index (Phi) is 4.40. The SMILES string of the molecule is COc1ccc(C2(O)CN(c3ccccc3C)C3=[N+]2CCCS3)c(F)c1. The highest BCUT2D eigenvalue weighted by atomic mass is 32.2. The molecule has 0 saturated heterocycles. The number of anilines is 1. The number of methoxy groups -OCH3 is 1. The molecule has 1 atom stereocenters. The van der Waals surface area contributed by atoms with Crippen LogP contribution in [0.3, 0.4) is 0 Å². The highest BCUT2D eigenvalue weighted by molar-refractivity contribution is 8.13. The Morgan fingerprint density at radius 2 is 2.08 bits per heavy atom. The molecule has 2 aliphatic rings. The van der Waals surface area contributed by atoms with E-state index in [1.54, 1.807) is 23.9 Å². The molecule has 0 fully saturated rings. The molecule has 0 radical (unpaired) electrons. The summed E-state index contributed by atoms with van der Waals surface area (Å²) in [6.07, 6.45) is 0.954. The minimum absolute atomic E-state index is 0.286. The number of nitrogens with zero attached hydrogens (tertiary/aromatic N) is 2. The molecular weight excluding hydrogens is 351 g/mol. The Morgan fingerprint density at radius 1 is 1.27 bits per heavy atom. The van der Waals surface area contributed by atoms with E-state index < -0.39 is 11.5 Å². The first kappa shape index (κ1) is 17.4. The molecule has 0 aliphatic carbocycles. The number of thioether (sulfide) groups is 1. The van der Waals surface area contributed by atoms with E-state index in [1.807, 2.05) is 22.8 Å². The van der Waals surface area contributed by atoms with Crippen LogP contribution in [0.4, 0.5) is 10.1 Å². The number of amidine groups is 1. The minimum atomic E-state index is -1.40. The number of hydrogen-bond acceptors (Lipinski definition) is 4. The zero-order valence-electron chi connectivity index (χ0n) is 14.9. The second-order valence-corrected chi connectivity index (χ2v) is 7.73. The van der Waals surface area contributed by atoms with Crippen LogP contribution in [0.25, 0.3) is 0 Å². The summed E-state index contributed by atoms with van der Waals surface area (Å²) >= 11 is 1.72. The average Bonchev–Trinajstić information content (AvgIpc) is 2.96. The summed E-state index contributed by atoms with van der Waals surface area (Å²) in [5.41, 5.74) is 1.06. The number of rotatable bonds is 3. The number of benzene rings is 2. The van der Waals surface area contributed by atoms with Crippen molar-refractivity contribution in [3.8, 4) is 5.75 Å². The van der Waals surface area contributed by atoms with Crippen LogP contribution in [-0.2, 0) is 5.72 Å². The number of ether oxygens (including phenoxy) is 1. The lowest BCUT2D eigenvalue weighted by Gasteiger charge is -2.24. The molecule has 4 rings (SSSR count). The highest BCUT2D eigenvalue weighted by Crippen LogP contribution is 2.39. The number of aliphatic hydroxyl groups is 1. The van der Waals surface area contributed by atoms with E-state index in [2.05, 4.69) is 17.9 Å². The quantitative estimate of drug-likeness (QED) is 0.838. The van der Waals surface area contributed by atoms with E-state index >= 15 is 0 Å². The van der Waals surface area contributed by atoms with Gasteiger partial charge in [-0.15, -0.1) is 0 Å². The van der Waals surface area contributed by atoms with Crippen molar-refractivity contribution in [2.45, 2.75) is 19.1 Å². The largest absolute Gasteiger partial charge is 0.497 e. The van der Waals surface area contributed by atoms with Gasteiger partial charge >= 0.3 is 5.17 Å². The summed E-state index contributed by atoms with van der Waals surface area (Å²) in [6.45, 7) is 3.05. The summed E-state index contributed by atoms with van der Waals surface area (Å²) in [5.74, 6) is 0.990. The molecule has 2 aromatic carbocycles. The fourth-order valence-electron chi connectivity index (χ4n) is 3.73. The zero-order valence-corrected chi connectivity index (χ0v) is 15.7. The van der Waals surface area contributed by atoms with Crippen LogP contribution in [0.5, 0.6) is 5.75 Å². The molecule has 1 N–H and O–H groups in total. The van der Waals surface area contributed by atoms with Crippen molar-refractivity contribution in [3.05, 3.63) is 59.4 Å². The van der Waals surface area contributed by atoms with Gasteiger partial charge in [0.2, 0.25) is 0 Å². The second-order valence-electron chi connectivity index (χ2n) is 6.67. The fraction of sp³-hybridized carbons (Fsp3) is 0.350. The van der Waals surface area contributed by atoms with Crippen molar-refractivity contribution in [1.82, 2.24) is 0 Å². The van der Waals surface area contributed by atoms with E-state index in [4.69, 9.17) is 4.74 Å². The van der Waals surface area contributed by atoms with Crippen molar-refractivity contribution in [3.63, 3.8) is 0 Å². The predicted octanol–water partition coefficient (Wildman–Crippen LogP) is 3.31. The van der Waals surface area contributed by atoms with E-state index in [9.17, 15) is 9.50 Å².